The molecular formula is C22H26N4O. The van der Waals surface area contributed by atoms with Crippen LogP contribution in [-0.2, 0) is 6.54 Å². The molecular weight excluding hydrogens is 336 g/mol. The molecule has 0 fully saturated rings. The van der Waals surface area contributed by atoms with E-state index in [0.717, 1.165) is 45.7 Å². The first-order chi connectivity index (χ1) is 12.5. The molecule has 4 rings (SSSR count). The summed E-state index contributed by atoms with van der Waals surface area (Å²) in [5.41, 5.74) is 8.62. The van der Waals surface area contributed by atoms with Crippen molar-refractivity contribution in [3.05, 3.63) is 59.7 Å². The Balaban J connectivity index is 0.00000210. The number of nitrogens with one attached hydrogen (secondary N) is 1. The Morgan fingerprint density at radius 1 is 1.07 bits per heavy atom. The number of rotatable bonds is 4. The smallest absolute Gasteiger partial charge is 0.141 e. The summed E-state index contributed by atoms with van der Waals surface area (Å²) in [5, 5.41) is 4.11. The number of aromatic nitrogens is 3. The van der Waals surface area contributed by atoms with Crippen LogP contribution >= 0.6 is 0 Å². The summed E-state index contributed by atoms with van der Waals surface area (Å²) < 4.78 is 5.38. The van der Waals surface area contributed by atoms with Gasteiger partial charge in [0, 0.05) is 17.7 Å². The van der Waals surface area contributed by atoms with Crippen LogP contribution in [0.2, 0.25) is 0 Å². The lowest BCUT2D eigenvalue weighted by Gasteiger charge is -2.15. The lowest BCUT2D eigenvalue weighted by Crippen LogP contribution is -2.11. The van der Waals surface area contributed by atoms with Crippen LogP contribution in [0.15, 0.2) is 47.2 Å². The molecule has 1 N–H and O–H groups in total. The van der Waals surface area contributed by atoms with Gasteiger partial charge in [0.25, 0.3) is 0 Å². The summed E-state index contributed by atoms with van der Waals surface area (Å²) in [5.74, 6) is 0.828. The van der Waals surface area contributed by atoms with E-state index in [1.807, 2.05) is 13.8 Å². The van der Waals surface area contributed by atoms with Crippen LogP contribution < -0.4 is 0 Å². The molecule has 0 spiro atoms. The number of hydrogen-bond acceptors (Lipinski definition) is 4. The number of fused-ring (bicyclic) bond motifs is 1. The monoisotopic (exact) mass is 362 g/mol. The number of imidazole rings is 1. The molecule has 0 saturated carbocycles. The van der Waals surface area contributed by atoms with E-state index in [4.69, 9.17) is 4.52 Å². The van der Waals surface area contributed by atoms with Gasteiger partial charge >= 0.3 is 0 Å². The third kappa shape index (κ3) is 3.38. The number of aryl methyl sites for hydroxylation is 2. The van der Waals surface area contributed by atoms with E-state index in [1.165, 1.54) is 11.1 Å². The fourth-order valence-corrected chi connectivity index (χ4v) is 3.56. The van der Waals surface area contributed by atoms with Gasteiger partial charge < -0.3 is 14.4 Å². The molecule has 0 aliphatic heterocycles. The van der Waals surface area contributed by atoms with Crippen molar-refractivity contribution in [1.82, 2.24) is 20.0 Å². The van der Waals surface area contributed by atoms with Crippen LogP contribution in [0.3, 0.4) is 0 Å². The zero-order valence-electron chi connectivity index (χ0n) is 15.5. The molecule has 0 aliphatic rings. The first-order valence-electron chi connectivity index (χ1n) is 8.68. The summed E-state index contributed by atoms with van der Waals surface area (Å²) in [6.07, 6.45) is 1.75. The molecule has 0 radical (unpaired) electrons. The number of nitrogens with zero attached hydrogens (tertiary/aromatic N) is 3. The second kappa shape index (κ2) is 7.37. The van der Waals surface area contributed by atoms with Crippen molar-refractivity contribution in [2.24, 2.45) is 0 Å². The number of aromatic amines is 1. The topological polar surface area (TPSA) is 58.0 Å². The standard InChI is InChI=1S/C21H22N4O.CH4/c1-13-20(14(2)26-24-13)16-9-18(21-19(10-16)22-12-23-21)17-8-6-5-7-15(17)11-25(3)4;/h5-10,12H,11H2,1-4H3,(H,22,23);1H4. The van der Waals surface area contributed by atoms with E-state index in [9.17, 15) is 0 Å². The van der Waals surface area contributed by atoms with Gasteiger partial charge in [-0.05, 0) is 56.8 Å². The Hall–Kier alpha value is -2.92. The predicted octanol–water partition coefficient (Wildman–Crippen LogP) is 5.20. The fourth-order valence-electron chi connectivity index (χ4n) is 3.56. The normalized spacial score (nSPS) is 11.1. The first-order valence-corrected chi connectivity index (χ1v) is 8.68. The molecule has 0 unspecified atom stereocenters. The summed E-state index contributed by atoms with van der Waals surface area (Å²) in [7, 11) is 4.17. The third-order valence-electron chi connectivity index (χ3n) is 4.64. The summed E-state index contributed by atoms with van der Waals surface area (Å²) in [6, 6.07) is 12.8. The number of hydrogen-bond donors (Lipinski definition) is 1. The van der Waals surface area contributed by atoms with Crippen LogP contribution in [0.1, 0.15) is 24.4 Å². The highest BCUT2D eigenvalue weighted by Gasteiger charge is 2.17. The molecule has 2 aromatic heterocycles. The molecule has 2 aromatic carbocycles. The van der Waals surface area contributed by atoms with Crippen molar-refractivity contribution in [2.45, 2.75) is 27.8 Å². The maximum absolute atomic E-state index is 5.38. The van der Waals surface area contributed by atoms with Crippen molar-refractivity contribution < 1.29 is 4.52 Å². The maximum atomic E-state index is 5.38. The third-order valence-corrected chi connectivity index (χ3v) is 4.64. The van der Waals surface area contributed by atoms with Crippen LogP contribution in [0.4, 0.5) is 0 Å². The summed E-state index contributed by atoms with van der Waals surface area (Å²) in [4.78, 5) is 10.0. The molecule has 5 heteroatoms. The average Bonchev–Trinajstić information content (AvgIpc) is 3.20. The average molecular weight is 362 g/mol. The quantitative estimate of drug-likeness (QED) is 0.542. The Bertz CT molecular complexity index is 1060. The molecule has 0 bridgehead atoms. The number of benzene rings is 2. The van der Waals surface area contributed by atoms with Gasteiger partial charge in [0.1, 0.15) is 5.76 Å². The molecule has 4 aromatic rings. The van der Waals surface area contributed by atoms with Crippen molar-refractivity contribution in [3.63, 3.8) is 0 Å². The highest BCUT2D eigenvalue weighted by Crippen LogP contribution is 2.36. The molecule has 0 atom stereocenters. The SMILES string of the molecule is C.Cc1noc(C)c1-c1cc(-c2ccccc2CN(C)C)c2nc[nH]c2c1. The zero-order chi connectivity index (χ0) is 18.3. The van der Waals surface area contributed by atoms with Gasteiger partial charge in [-0.25, -0.2) is 4.98 Å². The van der Waals surface area contributed by atoms with E-state index in [1.54, 1.807) is 6.33 Å². The minimum absolute atomic E-state index is 0. The van der Waals surface area contributed by atoms with Gasteiger partial charge in [0.2, 0.25) is 0 Å². The fraction of sp³-hybridized carbons (Fsp3) is 0.273. The van der Waals surface area contributed by atoms with E-state index in [-0.39, 0.29) is 7.43 Å². The van der Waals surface area contributed by atoms with E-state index in [2.05, 4.69) is 70.5 Å². The van der Waals surface area contributed by atoms with Crippen LogP contribution in [0, 0.1) is 13.8 Å². The van der Waals surface area contributed by atoms with Gasteiger partial charge in [-0.1, -0.05) is 36.8 Å². The molecule has 0 amide bonds. The minimum Gasteiger partial charge on any atom is -0.361 e. The van der Waals surface area contributed by atoms with Gasteiger partial charge in [0.15, 0.2) is 0 Å². The largest absolute Gasteiger partial charge is 0.361 e. The Labute approximate surface area is 160 Å². The van der Waals surface area contributed by atoms with E-state index in [0.29, 0.717) is 0 Å². The summed E-state index contributed by atoms with van der Waals surface area (Å²) in [6.45, 7) is 4.80. The highest BCUT2D eigenvalue weighted by molar-refractivity contribution is 5.96. The Morgan fingerprint density at radius 2 is 1.85 bits per heavy atom. The molecule has 27 heavy (non-hydrogen) atoms. The van der Waals surface area contributed by atoms with Gasteiger partial charge in [-0.15, -0.1) is 0 Å². The molecule has 140 valence electrons. The lowest BCUT2D eigenvalue weighted by molar-refractivity contribution is 0.393. The van der Waals surface area contributed by atoms with Gasteiger partial charge in [-0.2, -0.15) is 0 Å². The second-order valence-corrected chi connectivity index (χ2v) is 6.92. The predicted molar refractivity (Wildman–Crippen MR) is 111 cm³/mol. The Kier molecular flexibility index (Phi) is 5.15. The second-order valence-electron chi connectivity index (χ2n) is 6.92. The lowest BCUT2D eigenvalue weighted by atomic mass is 9.94. The molecule has 5 nitrogen and oxygen atoms in total. The van der Waals surface area contributed by atoms with Gasteiger partial charge in [0.05, 0.1) is 23.1 Å². The Morgan fingerprint density at radius 3 is 2.56 bits per heavy atom. The minimum atomic E-state index is 0. The van der Waals surface area contributed by atoms with Gasteiger partial charge in [-0.3, -0.25) is 0 Å². The van der Waals surface area contributed by atoms with Crippen LogP contribution in [0.5, 0.6) is 0 Å². The van der Waals surface area contributed by atoms with E-state index < -0.39 is 0 Å². The maximum Gasteiger partial charge on any atom is 0.141 e. The molecule has 0 saturated heterocycles. The molecule has 2 heterocycles. The number of H-pyrrole nitrogens is 1. The summed E-state index contributed by atoms with van der Waals surface area (Å²) >= 11 is 0. The molecule has 0 aliphatic carbocycles. The van der Waals surface area contributed by atoms with Crippen LogP contribution in [-0.4, -0.2) is 34.1 Å². The zero-order valence-corrected chi connectivity index (χ0v) is 15.5. The van der Waals surface area contributed by atoms with Crippen molar-refractivity contribution in [3.8, 4) is 22.3 Å². The first kappa shape index (κ1) is 18.9. The highest BCUT2D eigenvalue weighted by atomic mass is 16.5. The van der Waals surface area contributed by atoms with Crippen molar-refractivity contribution >= 4 is 11.0 Å². The van der Waals surface area contributed by atoms with Crippen molar-refractivity contribution in [2.75, 3.05) is 14.1 Å². The van der Waals surface area contributed by atoms with Crippen molar-refractivity contribution in [1.29, 1.82) is 0 Å². The van der Waals surface area contributed by atoms with Crippen LogP contribution in [0.25, 0.3) is 33.3 Å². The van der Waals surface area contributed by atoms with E-state index >= 15 is 0 Å².